The van der Waals surface area contributed by atoms with E-state index in [1.807, 2.05) is 0 Å². The van der Waals surface area contributed by atoms with E-state index in [1.54, 1.807) is 0 Å². The number of piperidine rings is 1. The van der Waals surface area contributed by atoms with Crippen molar-refractivity contribution in [1.82, 2.24) is 9.62 Å². The van der Waals surface area contributed by atoms with E-state index in [0.29, 0.717) is 25.9 Å². The highest BCUT2D eigenvalue weighted by atomic mass is 32.2. The van der Waals surface area contributed by atoms with Gasteiger partial charge in [-0.05, 0) is 32.9 Å². The summed E-state index contributed by atoms with van der Waals surface area (Å²) in [5.41, 5.74) is 5.06. The van der Waals surface area contributed by atoms with Crippen LogP contribution in [0.3, 0.4) is 0 Å². The summed E-state index contributed by atoms with van der Waals surface area (Å²) in [4.78, 5) is 21.9. The van der Waals surface area contributed by atoms with Crippen LogP contribution in [0.1, 0.15) is 19.8 Å². The van der Waals surface area contributed by atoms with Gasteiger partial charge in [-0.25, -0.2) is 8.42 Å². The maximum atomic E-state index is 12.2. The Labute approximate surface area is 112 Å². The topological polar surface area (TPSA) is 130 Å². The van der Waals surface area contributed by atoms with Gasteiger partial charge in [0.15, 0.2) is 5.25 Å². The highest BCUT2D eigenvalue weighted by Crippen LogP contribution is 2.19. The molecule has 0 radical (unpaired) electrons. The SMILES string of the molecule is CC(C(=O)O)S(=O)(=O)N(CC(N)=O)C1CCNCC1. The van der Waals surface area contributed by atoms with E-state index in [4.69, 9.17) is 10.8 Å². The van der Waals surface area contributed by atoms with E-state index < -0.39 is 33.7 Å². The molecule has 1 saturated heterocycles. The predicted molar refractivity (Wildman–Crippen MR) is 67.8 cm³/mol. The maximum Gasteiger partial charge on any atom is 0.323 e. The fraction of sp³-hybridized carbons (Fsp3) is 0.800. The van der Waals surface area contributed by atoms with Crippen molar-refractivity contribution in [1.29, 1.82) is 0 Å². The van der Waals surface area contributed by atoms with E-state index >= 15 is 0 Å². The van der Waals surface area contributed by atoms with Gasteiger partial charge in [0, 0.05) is 6.04 Å². The van der Waals surface area contributed by atoms with Gasteiger partial charge in [0.2, 0.25) is 15.9 Å². The smallest absolute Gasteiger partial charge is 0.323 e. The number of nitrogens with one attached hydrogen (secondary N) is 1. The number of carbonyl (C=O) groups excluding carboxylic acids is 1. The molecule has 0 aromatic carbocycles. The number of nitrogens with zero attached hydrogens (tertiary/aromatic N) is 1. The van der Waals surface area contributed by atoms with Crippen LogP contribution in [0.25, 0.3) is 0 Å². The minimum absolute atomic E-state index is 0.388. The first kappa shape index (κ1) is 15.9. The monoisotopic (exact) mass is 293 g/mol. The average Bonchev–Trinajstić information content (AvgIpc) is 2.35. The molecule has 19 heavy (non-hydrogen) atoms. The van der Waals surface area contributed by atoms with Crippen LogP contribution in [0.2, 0.25) is 0 Å². The first-order chi connectivity index (χ1) is 8.76. The van der Waals surface area contributed by atoms with Crippen LogP contribution in [0.4, 0.5) is 0 Å². The molecule has 1 aliphatic rings. The molecule has 1 aliphatic heterocycles. The third kappa shape index (κ3) is 3.88. The molecule has 1 atom stereocenters. The number of nitrogens with two attached hydrogens (primary N) is 1. The molecule has 1 fully saturated rings. The Kier molecular flexibility index (Phi) is 5.27. The lowest BCUT2D eigenvalue weighted by Crippen LogP contribution is -2.52. The minimum Gasteiger partial charge on any atom is -0.480 e. The lowest BCUT2D eigenvalue weighted by Gasteiger charge is -2.33. The van der Waals surface area contributed by atoms with Crippen molar-refractivity contribution in [2.45, 2.75) is 31.1 Å². The Hall–Kier alpha value is -1.19. The minimum atomic E-state index is -4.09. The predicted octanol–water partition coefficient (Wildman–Crippen LogP) is -1.67. The zero-order valence-electron chi connectivity index (χ0n) is 10.7. The maximum absolute atomic E-state index is 12.2. The summed E-state index contributed by atoms with van der Waals surface area (Å²) in [6.45, 7) is 1.85. The van der Waals surface area contributed by atoms with E-state index in [9.17, 15) is 18.0 Å². The summed E-state index contributed by atoms with van der Waals surface area (Å²) >= 11 is 0. The van der Waals surface area contributed by atoms with Crippen molar-refractivity contribution in [3.63, 3.8) is 0 Å². The normalized spacial score (nSPS) is 19.3. The average molecular weight is 293 g/mol. The van der Waals surface area contributed by atoms with Gasteiger partial charge >= 0.3 is 5.97 Å². The number of carboxylic acids is 1. The third-order valence-corrected chi connectivity index (χ3v) is 5.33. The largest absolute Gasteiger partial charge is 0.480 e. The summed E-state index contributed by atoms with van der Waals surface area (Å²) in [5, 5.41) is 10.3. The van der Waals surface area contributed by atoms with E-state index in [1.165, 1.54) is 0 Å². The first-order valence-corrected chi connectivity index (χ1v) is 7.49. The van der Waals surface area contributed by atoms with Gasteiger partial charge in [0.25, 0.3) is 0 Å². The summed E-state index contributed by atoms with van der Waals surface area (Å²) < 4.78 is 25.4. The van der Waals surface area contributed by atoms with Crippen molar-refractivity contribution in [3.8, 4) is 0 Å². The summed E-state index contributed by atoms with van der Waals surface area (Å²) in [5.74, 6) is -2.23. The zero-order valence-corrected chi connectivity index (χ0v) is 11.5. The molecule has 0 spiro atoms. The quantitative estimate of drug-likeness (QED) is 0.537. The lowest BCUT2D eigenvalue weighted by molar-refractivity contribution is -0.136. The molecule has 0 aliphatic carbocycles. The molecule has 0 aromatic rings. The fourth-order valence-corrected chi connectivity index (χ4v) is 3.60. The second-order valence-corrected chi connectivity index (χ2v) is 6.72. The van der Waals surface area contributed by atoms with Gasteiger partial charge in [0.05, 0.1) is 6.54 Å². The number of rotatable bonds is 6. The first-order valence-electron chi connectivity index (χ1n) is 5.99. The fourth-order valence-electron chi connectivity index (χ4n) is 2.01. The molecule has 0 saturated carbocycles. The van der Waals surface area contributed by atoms with Gasteiger partial charge in [0.1, 0.15) is 0 Å². The van der Waals surface area contributed by atoms with Crippen LogP contribution in [-0.2, 0) is 19.6 Å². The molecule has 1 amide bonds. The van der Waals surface area contributed by atoms with Crippen molar-refractivity contribution >= 4 is 21.9 Å². The number of carbonyl (C=O) groups is 2. The molecule has 9 heteroatoms. The van der Waals surface area contributed by atoms with Gasteiger partial charge in [-0.15, -0.1) is 0 Å². The van der Waals surface area contributed by atoms with Crippen molar-refractivity contribution in [2.24, 2.45) is 5.73 Å². The van der Waals surface area contributed by atoms with Crippen molar-refractivity contribution in [2.75, 3.05) is 19.6 Å². The highest BCUT2D eigenvalue weighted by Gasteiger charge is 2.38. The Balaban J connectivity index is 3.01. The lowest BCUT2D eigenvalue weighted by atomic mass is 10.1. The molecule has 4 N–H and O–H groups in total. The summed E-state index contributed by atoms with van der Waals surface area (Å²) in [6.07, 6.45) is 1.05. The number of primary amides is 1. The van der Waals surface area contributed by atoms with Gasteiger partial charge in [-0.1, -0.05) is 0 Å². The Morgan fingerprint density at radius 3 is 2.37 bits per heavy atom. The standard InChI is InChI=1S/C10H19N3O5S/c1-7(10(15)16)19(17,18)13(6-9(11)14)8-2-4-12-5-3-8/h7-8,12H,2-6H2,1H3,(H2,11,14)(H,15,16). The molecule has 0 aromatic heterocycles. The number of amides is 1. The number of hydrogen-bond acceptors (Lipinski definition) is 5. The van der Waals surface area contributed by atoms with E-state index in [2.05, 4.69) is 5.32 Å². The number of sulfonamides is 1. The van der Waals surface area contributed by atoms with Crippen molar-refractivity contribution < 1.29 is 23.1 Å². The number of aliphatic carboxylic acids is 1. The second-order valence-electron chi connectivity index (χ2n) is 4.52. The second kappa shape index (κ2) is 6.31. The highest BCUT2D eigenvalue weighted by molar-refractivity contribution is 7.90. The molecule has 8 nitrogen and oxygen atoms in total. The molecular weight excluding hydrogens is 274 g/mol. The summed E-state index contributed by atoms with van der Waals surface area (Å²) in [6, 6.07) is -0.388. The van der Waals surface area contributed by atoms with Crippen LogP contribution in [0.15, 0.2) is 0 Å². The Morgan fingerprint density at radius 2 is 1.95 bits per heavy atom. The van der Waals surface area contributed by atoms with Crippen LogP contribution >= 0.6 is 0 Å². The zero-order chi connectivity index (χ0) is 14.6. The number of carboxylic acid groups (broad SMARTS) is 1. The van der Waals surface area contributed by atoms with E-state index in [-0.39, 0.29) is 6.04 Å². The molecule has 0 bridgehead atoms. The summed E-state index contributed by atoms with van der Waals surface area (Å²) in [7, 11) is -4.09. The van der Waals surface area contributed by atoms with Crippen molar-refractivity contribution in [3.05, 3.63) is 0 Å². The van der Waals surface area contributed by atoms with Crippen LogP contribution in [0, 0.1) is 0 Å². The molecule has 1 unspecified atom stereocenters. The third-order valence-electron chi connectivity index (χ3n) is 3.15. The van der Waals surface area contributed by atoms with Gasteiger partial charge < -0.3 is 16.2 Å². The van der Waals surface area contributed by atoms with Crippen LogP contribution in [-0.4, -0.2) is 60.6 Å². The Bertz CT molecular complexity index is 444. The van der Waals surface area contributed by atoms with Gasteiger partial charge in [-0.2, -0.15) is 4.31 Å². The number of hydrogen-bond donors (Lipinski definition) is 3. The molecule has 1 heterocycles. The van der Waals surface area contributed by atoms with Crippen LogP contribution < -0.4 is 11.1 Å². The Morgan fingerprint density at radius 1 is 1.42 bits per heavy atom. The van der Waals surface area contributed by atoms with Crippen LogP contribution in [0.5, 0.6) is 0 Å². The molecule has 1 rings (SSSR count). The van der Waals surface area contributed by atoms with E-state index in [0.717, 1.165) is 11.2 Å². The molecular formula is C10H19N3O5S. The molecule has 110 valence electrons. The van der Waals surface area contributed by atoms with Gasteiger partial charge in [-0.3, -0.25) is 9.59 Å².